The van der Waals surface area contributed by atoms with Crippen LogP contribution >= 0.6 is 0 Å². The summed E-state index contributed by atoms with van der Waals surface area (Å²) in [6.45, 7) is 5.94. The minimum absolute atomic E-state index is 0.178. The largest absolute Gasteiger partial charge is 0.465 e. The summed E-state index contributed by atoms with van der Waals surface area (Å²) in [5.41, 5.74) is 10.1. The number of benzene rings is 4. The average molecular weight is 753 g/mol. The van der Waals surface area contributed by atoms with E-state index in [9.17, 15) is 24.0 Å². The van der Waals surface area contributed by atoms with Crippen LogP contribution in [0.3, 0.4) is 0 Å². The molecule has 0 unspecified atom stereocenters. The minimum Gasteiger partial charge on any atom is -0.465 e. The number of nitrogens with two attached hydrogens (primary N) is 1. The molecule has 0 aromatic heterocycles. The van der Waals surface area contributed by atoms with E-state index in [1.54, 1.807) is 69.3 Å². The monoisotopic (exact) mass is 752 g/mol. The maximum absolute atomic E-state index is 12.8. The molecule has 2 atom stereocenters. The van der Waals surface area contributed by atoms with E-state index in [1.165, 1.54) is 19.8 Å². The molecular weight excluding hydrogens is 700 g/mol. The highest BCUT2D eigenvalue weighted by Crippen LogP contribution is 2.11. The molecular formula is C43H52N4O8. The molecule has 0 aliphatic carbocycles. The number of nitrogens with one attached hydrogen (secondary N) is 3. The Kier molecular flexibility index (Phi) is 17.6. The van der Waals surface area contributed by atoms with Crippen LogP contribution in [0.2, 0.25) is 0 Å². The summed E-state index contributed by atoms with van der Waals surface area (Å²) in [4.78, 5) is 60.0. The normalized spacial score (nSPS) is 11.7. The number of ether oxygens (including phenoxy) is 3. The number of amides is 3. The molecule has 0 spiro atoms. The van der Waals surface area contributed by atoms with Crippen molar-refractivity contribution in [2.45, 2.75) is 77.2 Å². The van der Waals surface area contributed by atoms with Gasteiger partial charge in [-0.3, -0.25) is 9.59 Å². The fourth-order valence-electron chi connectivity index (χ4n) is 5.16. The van der Waals surface area contributed by atoms with Crippen LogP contribution < -0.4 is 21.7 Å². The average Bonchev–Trinajstić information content (AvgIpc) is 3.19. The van der Waals surface area contributed by atoms with Gasteiger partial charge in [0, 0.05) is 13.1 Å². The lowest BCUT2D eigenvalue weighted by Crippen LogP contribution is -2.48. The van der Waals surface area contributed by atoms with Crippen molar-refractivity contribution >= 4 is 29.8 Å². The second-order valence-electron chi connectivity index (χ2n) is 13.7. The van der Waals surface area contributed by atoms with Crippen molar-refractivity contribution in [2.75, 3.05) is 14.2 Å². The van der Waals surface area contributed by atoms with E-state index < -0.39 is 29.7 Å². The van der Waals surface area contributed by atoms with Crippen LogP contribution in [-0.2, 0) is 49.7 Å². The molecule has 0 heterocycles. The Morgan fingerprint density at radius 1 is 0.582 bits per heavy atom. The van der Waals surface area contributed by atoms with Gasteiger partial charge in [-0.2, -0.15) is 0 Å². The molecule has 55 heavy (non-hydrogen) atoms. The van der Waals surface area contributed by atoms with Crippen LogP contribution in [0.4, 0.5) is 4.79 Å². The molecule has 0 saturated carbocycles. The summed E-state index contributed by atoms with van der Waals surface area (Å²) < 4.78 is 14.6. The molecule has 4 aromatic carbocycles. The van der Waals surface area contributed by atoms with E-state index in [1.807, 2.05) is 60.7 Å². The number of esters is 2. The zero-order valence-corrected chi connectivity index (χ0v) is 32.1. The molecule has 0 aliphatic rings. The smallest absolute Gasteiger partial charge is 0.408 e. The van der Waals surface area contributed by atoms with Gasteiger partial charge in [-0.25, -0.2) is 14.4 Å². The first-order valence-corrected chi connectivity index (χ1v) is 18.0. The van der Waals surface area contributed by atoms with Crippen molar-refractivity contribution in [2.24, 2.45) is 5.73 Å². The first-order valence-electron chi connectivity index (χ1n) is 18.0. The first-order chi connectivity index (χ1) is 26.3. The van der Waals surface area contributed by atoms with Gasteiger partial charge in [-0.1, -0.05) is 84.9 Å². The summed E-state index contributed by atoms with van der Waals surface area (Å²) in [7, 11) is 2.66. The van der Waals surface area contributed by atoms with E-state index in [0.29, 0.717) is 36.9 Å². The number of carbonyl (C=O) groups is 5. The van der Waals surface area contributed by atoms with E-state index in [4.69, 9.17) is 10.5 Å². The highest BCUT2D eigenvalue weighted by atomic mass is 16.6. The van der Waals surface area contributed by atoms with E-state index in [2.05, 4.69) is 25.4 Å². The van der Waals surface area contributed by atoms with E-state index in [0.717, 1.165) is 23.1 Å². The van der Waals surface area contributed by atoms with Crippen LogP contribution in [0.5, 0.6) is 0 Å². The molecule has 12 heteroatoms. The van der Waals surface area contributed by atoms with Gasteiger partial charge >= 0.3 is 18.0 Å². The molecule has 0 radical (unpaired) electrons. The molecule has 292 valence electrons. The molecule has 0 fully saturated rings. The molecule has 5 N–H and O–H groups in total. The third-order valence-corrected chi connectivity index (χ3v) is 8.18. The Balaban J connectivity index is 0.000000305. The third kappa shape index (κ3) is 16.3. The van der Waals surface area contributed by atoms with Crippen LogP contribution in [0, 0.1) is 0 Å². The molecule has 0 aliphatic heterocycles. The summed E-state index contributed by atoms with van der Waals surface area (Å²) >= 11 is 0. The quantitative estimate of drug-likeness (QED) is 0.0882. The second kappa shape index (κ2) is 22.3. The Morgan fingerprint density at radius 3 is 1.42 bits per heavy atom. The molecule has 0 bridgehead atoms. The number of alkyl carbamates (subject to hydrolysis) is 1. The van der Waals surface area contributed by atoms with E-state index >= 15 is 0 Å². The summed E-state index contributed by atoms with van der Waals surface area (Å²) in [5, 5.41) is 8.34. The van der Waals surface area contributed by atoms with Crippen molar-refractivity contribution < 1.29 is 38.2 Å². The molecule has 0 saturated heterocycles. The van der Waals surface area contributed by atoms with Crippen molar-refractivity contribution in [1.29, 1.82) is 0 Å². The molecule has 4 aromatic rings. The number of carbonyl (C=O) groups excluding carboxylic acids is 5. The number of hydrogen-bond donors (Lipinski definition) is 4. The van der Waals surface area contributed by atoms with Gasteiger partial charge in [-0.15, -0.1) is 0 Å². The molecule has 4 rings (SSSR count). The summed E-state index contributed by atoms with van der Waals surface area (Å²) in [5.74, 6) is -1.28. The fraction of sp³-hybridized carbons (Fsp3) is 0.326. The van der Waals surface area contributed by atoms with Crippen molar-refractivity contribution in [3.8, 4) is 0 Å². The van der Waals surface area contributed by atoms with Crippen LogP contribution in [-0.4, -0.2) is 61.8 Å². The zero-order valence-electron chi connectivity index (χ0n) is 32.1. The Labute approximate surface area is 323 Å². The van der Waals surface area contributed by atoms with Crippen LogP contribution in [0.25, 0.3) is 0 Å². The fourth-order valence-corrected chi connectivity index (χ4v) is 5.16. The molecule has 3 amide bonds. The SMILES string of the molecule is COC(=O)c1ccc(CNC(=O)[C@@H](N)CCc2ccccc2)cc1.COC(=O)c1ccc(CNC(=O)[C@H](CCc2ccccc2)NC(=O)OC(C)(C)C)cc1. The Hall–Kier alpha value is -6.01. The summed E-state index contributed by atoms with van der Waals surface area (Å²) in [6.07, 6.45) is 1.78. The van der Waals surface area contributed by atoms with Crippen LogP contribution in [0.1, 0.15) is 76.6 Å². The number of aryl methyl sites for hydroxylation is 2. The molecule has 12 nitrogen and oxygen atoms in total. The zero-order chi connectivity index (χ0) is 40.2. The van der Waals surface area contributed by atoms with Crippen LogP contribution in [0.15, 0.2) is 109 Å². The predicted octanol–water partition coefficient (Wildman–Crippen LogP) is 5.67. The first kappa shape index (κ1) is 43.4. The minimum atomic E-state index is -0.746. The summed E-state index contributed by atoms with van der Waals surface area (Å²) in [6, 6.07) is 32.1. The highest BCUT2D eigenvalue weighted by molar-refractivity contribution is 5.90. The van der Waals surface area contributed by atoms with Gasteiger partial charge in [0.2, 0.25) is 11.8 Å². The van der Waals surface area contributed by atoms with E-state index in [-0.39, 0.29) is 24.3 Å². The topological polar surface area (TPSA) is 175 Å². The van der Waals surface area contributed by atoms with Gasteiger partial charge in [0.15, 0.2) is 0 Å². The number of rotatable bonds is 15. The van der Waals surface area contributed by atoms with Gasteiger partial charge in [-0.05, 0) is 93.0 Å². The number of methoxy groups -OCH3 is 2. The Bertz CT molecular complexity index is 1810. The van der Waals surface area contributed by atoms with Gasteiger partial charge in [0.05, 0.1) is 31.4 Å². The lowest BCUT2D eigenvalue weighted by molar-refractivity contribution is -0.123. The highest BCUT2D eigenvalue weighted by Gasteiger charge is 2.24. The van der Waals surface area contributed by atoms with Crippen molar-refractivity contribution in [1.82, 2.24) is 16.0 Å². The standard InChI is InChI=1S/C24H30N2O5.C19H22N2O3/c1-24(2,3)31-23(29)26-20(15-12-17-8-6-5-7-9-17)21(27)25-16-18-10-13-19(14-11-18)22(28)30-4;1-24-19(23)16-10-7-15(8-11-16)13-21-18(22)17(20)12-9-14-5-3-2-4-6-14/h5-11,13-14,20H,12,15-16H2,1-4H3,(H,25,27)(H,26,29);2-8,10-11,17H,9,12-13,20H2,1H3,(H,21,22)/t20-;17-/m00/s1. The van der Waals surface area contributed by atoms with Crippen molar-refractivity contribution in [3.05, 3.63) is 143 Å². The second-order valence-corrected chi connectivity index (χ2v) is 13.7. The maximum Gasteiger partial charge on any atom is 0.408 e. The van der Waals surface area contributed by atoms with Gasteiger partial charge in [0.25, 0.3) is 0 Å². The predicted molar refractivity (Wildman–Crippen MR) is 210 cm³/mol. The lowest BCUT2D eigenvalue weighted by atomic mass is 10.0. The Morgan fingerprint density at radius 2 is 1.00 bits per heavy atom. The number of hydrogen-bond acceptors (Lipinski definition) is 9. The third-order valence-electron chi connectivity index (χ3n) is 8.18. The maximum atomic E-state index is 12.8. The van der Waals surface area contributed by atoms with Gasteiger partial charge in [0.1, 0.15) is 11.6 Å². The van der Waals surface area contributed by atoms with Crippen molar-refractivity contribution in [3.63, 3.8) is 0 Å². The lowest BCUT2D eigenvalue weighted by Gasteiger charge is -2.23. The van der Waals surface area contributed by atoms with Gasteiger partial charge < -0.3 is 35.9 Å².